The molecule has 1 N–H and O–H groups in total. The number of hydrogen-bond acceptors (Lipinski definition) is 3. The van der Waals surface area contributed by atoms with Crippen LogP contribution in [0, 0.1) is 0 Å². The normalized spacial score (nSPS) is 14.9. The standard InChI is InChI=1S/C14H14F3NOS/c1-18(2)11-7-4-3-6-10(11)13(19,14(15,16)17)12-8-5-9-20-12/h3-9,19H,1-2H3. The molecule has 0 spiro atoms. The molecule has 2 aromatic rings. The third kappa shape index (κ3) is 2.29. The van der Waals surface area contributed by atoms with Gasteiger partial charge in [-0.2, -0.15) is 13.2 Å². The summed E-state index contributed by atoms with van der Waals surface area (Å²) in [4.78, 5) is 1.42. The van der Waals surface area contributed by atoms with Gasteiger partial charge in [0, 0.05) is 30.2 Å². The molecular weight excluding hydrogens is 287 g/mol. The van der Waals surface area contributed by atoms with Crippen LogP contribution in [0.15, 0.2) is 41.8 Å². The Morgan fingerprint density at radius 1 is 1.05 bits per heavy atom. The van der Waals surface area contributed by atoms with Crippen molar-refractivity contribution in [2.75, 3.05) is 19.0 Å². The molecule has 0 aliphatic carbocycles. The van der Waals surface area contributed by atoms with Crippen molar-refractivity contribution < 1.29 is 18.3 Å². The molecule has 2 nitrogen and oxygen atoms in total. The van der Waals surface area contributed by atoms with Crippen LogP contribution in [0.25, 0.3) is 0 Å². The summed E-state index contributed by atoms with van der Waals surface area (Å²) in [7, 11) is 3.29. The smallest absolute Gasteiger partial charge is 0.377 e. The summed E-state index contributed by atoms with van der Waals surface area (Å²) in [6.45, 7) is 0. The molecule has 0 saturated heterocycles. The lowest BCUT2D eigenvalue weighted by molar-refractivity contribution is -0.246. The monoisotopic (exact) mass is 301 g/mol. The van der Waals surface area contributed by atoms with Gasteiger partial charge in [-0.25, -0.2) is 0 Å². The molecular formula is C14H14F3NOS. The lowest BCUT2D eigenvalue weighted by Gasteiger charge is -2.33. The quantitative estimate of drug-likeness (QED) is 0.936. The Labute approximate surface area is 119 Å². The number of alkyl halides is 3. The van der Waals surface area contributed by atoms with Gasteiger partial charge < -0.3 is 10.0 Å². The third-order valence-electron chi connectivity index (χ3n) is 3.06. The van der Waals surface area contributed by atoms with Crippen molar-refractivity contribution >= 4 is 17.0 Å². The van der Waals surface area contributed by atoms with Crippen molar-refractivity contribution in [2.45, 2.75) is 11.8 Å². The van der Waals surface area contributed by atoms with Crippen LogP contribution in [0.4, 0.5) is 18.9 Å². The summed E-state index contributed by atoms with van der Waals surface area (Å²) in [5.74, 6) is 0. The number of benzene rings is 1. The molecule has 1 aromatic carbocycles. The first-order valence-corrected chi connectivity index (χ1v) is 6.76. The van der Waals surface area contributed by atoms with Crippen molar-refractivity contribution in [2.24, 2.45) is 0 Å². The van der Waals surface area contributed by atoms with Gasteiger partial charge in [0.05, 0.1) is 0 Å². The lowest BCUT2D eigenvalue weighted by Crippen LogP contribution is -2.43. The fraction of sp³-hybridized carbons (Fsp3) is 0.286. The largest absolute Gasteiger partial charge is 0.426 e. The molecule has 1 aromatic heterocycles. The van der Waals surface area contributed by atoms with Crippen molar-refractivity contribution in [3.8, 4) is 0 Å². The van der Waals surface area contributed by atoms with E-state index in [1.54, 1.807) is 31.1 Å². The van der Waals surface area contributed by atoms with Crippen molar-refractivity contribution in [1.82, 2.24) is 0 Å². The van der Waals surface area contributed by atoms with E-state index >= 15 is 0 Å². The number of para-hydroxylation sites is 1. The molecule has 2 rings (SSSR count). The SMILES string of the molecule is CN(C)c1ccccc1C(O)(c1cccs1)C(F)(F)F. The molecule has 1 heterocycles. The molecule has 0 aliphatic heterocycles. The Hall–Kier alpha value is -1.53. The van der Waals surface area contributed by atoms with E-state index in [2.05, 4.69) is 0 Å². The molecule has 0 amide bonds. The highest BCUT2D eigenvalue weighted by atomic mass is 32.1. The predicted octanol–water partition coefficient (Wildman–Crippen LogP) is 3.61. The van der Waals surface area contributed by atoms with Gasteiger partial charge in [-0.1, -0.05) is 24.3 Å². The summed E-state index contributed by atoms with van der Waals surface area (Å²) in [5.41, 5.74) is -2.83. The van der Waals surface area contributed by atoms with Gasteiger partial charge in [-0.05, 0) is 17.5 Å². The Kier molecular flexibility index (Phi) is 3.80. The fourth-order valence-electron chi connectivity index (χ4n) is 2.08. The van der Waals surface area contributed by atoms with E-state index in [1.807, 2.05) is 0 Å². The zero-order valence-electron chi connectivity index (χ0n) is 11.0. The molecule has 1 unspecified atom stereocenters. The second-order valence-corrected chi connectivity index (χ2v) is 5.54. The molecule has 0 aliphatic rings. The van der Waals surface area contributed by atoms with E-state index in [1.165, 1.54) is 29.6 Å². The first-order valence-electron chi connectivity index (χ1n) is 5.88. The number of nitrogens with zero attached hydrogens (tertiary/aromatic N) is 1. The first-order chi connectivity index (χ1) is 9.28. The van der Waals surface area contributed by atoms with E-state index in [0.717, 1.165) is 11.3 Å². The predicted molar refractivity (Wildman–Crippen MR) is 74.1 cm³/mol. The van der Waals surface area contributed by atoms with E-state index in [4.69, 9.17) is 0 Å². The second-order valence-electron chi connectivity index (χ2n) is 4.60. The molecule has 0 bridgehead atoms. The van der Waals surface area contributed by atoms with Crippen LogP contribution in [0.2, 0.25) is 0 Å². The van der Waals surface area contributed by atoms with Crippen LogP contribution in [0.5, 0.6) is 0 Å². The topological polar surface area (TPSA) is 23.5 Å². The summed E-state index contributed by atoms with van der Waals surface area (Å²) in [5, 5.41) is 12.0. The highest BCUT2D eigenvalue weighted by molar-refractivity contribution is 7.10. The average molecular weight is 301 g/mol. The molecule has 6 heteroatoms. The van der Waals surface area contributed by atoms with Crippen molar-refractivity contribution in [3.05, 3.63) is 52.2 Å². The Bertz CT molecular complexity index is 580. The van der Waals surface area contributed by atoms with Gasteiger partial charge in [0.1, 0.15) is 0 Å². The van der Waals surface area contributed by atoms with Crippen LogP contribution in [-0.2, 0) is 5.60 Å². The Morgan fingerprint density at radius 2 is 1.70 bits per heavy atom. The highest BCUT2D eigenvalue weighted by Gasteiger charge is 2.58. The van der Waals surface area contributed by atoms with Crippen LogP contribution in [0.3, 0.4) is 0 Å². The minimum atomic E-state index is -4.80. The maximum Gasteiger partial charge on any atom is 0.426 e. The number of anilines is 1. The second kappa shape index (κ2) is 5.10. The minimum absolute atomic E-state index is 0.140. The maximum absolute atomic E-state index is 13.5. The average Bonchev–Trinajstić information content (AvgIpc) is 2.90. The van der Waals surface area contributed by atoms with Gasteiger partial charge in [0.15, 0.2) is 0 Å². The molecule has 20 heavy (non-hydrogen) atoms. The summed E-state index contributed by atoms with van der Waals surface area (Å²) < 4.78 is 40.6. The fourth-order valence-corrected chi connectivity index (χ4v) is 2.94. The molecule has 0 saturated carbocycles. The van der Waals surface area contributed by atoms with Gasteiger partial charge >= 0.3 is 6.18 Å². The van der Waals surface area contributed by atoms with Crippen LogP contribution in [0.1, 0.15) is 10.4 Å². The van der Waals surface area contributed by atoms with Gasteiger partial charge in [0.25, 0.3) is 0 Å². The van der Waals surface area contributed by atoms with E-state index in [0.29, 0.717) is 5.69 Å². The minimum Gasteiger partial charge on any atom is -0.377 e. The molecule has 0 fully saturated rings. The van der Waals surface area contributed by atoms with Crippen molar-refractivity contribution in [3.63, 3.8) is 0 Å². The van der Waals surface area contributed by atoms with Crippen LogP contribution in [-0.4, -0.2) is 25.4 Å². The highest BCUT2D eigenvalue weighted by Crippen LogP contribution is 2.48. The van der Waals surface area contributed by atoms with Gasteiger partial charge in [0.2, 0.25) is 5.60 Å². The van der Waals surface area contributed by atoms with Gasteiger partial charge in [-0.3, -0.25) is 0 Å². The molecule has 0 radical (unpaired) electrons. The molecule has 108 valence electrons. The number of hydrogen-bond donors (Lipinski definition) is 1. The number of halogens is 3. The third-order valence-corrected chi connectivity index (χ3v) is 4.04. The van der Waals surface area contributed by atoms with E-state index in [-0.39, 0.29) is 10.4 Å². The lowest BCUT2D eigenvalue weighted by atomic mass is 9.89. The molecule has 1 atom stereocenters. The Morgan fingerprint density at radius 3 is 2.20 bits per heavy atom. The maximum atomic E-state index is 13.5. The number of rotatable bonds is 3. The van der Waals surface area contributed by atoms with Crippen LogP contribution < -0.4 is 4.90 Å². The summed E-state index contributed by atoms with van der Waals surface area (Å²) in [6.07, 6.45) is -4.80. The number of thiophene rings is 1. The number of aliphatic hydroxyl groups is 1. The zero-order valence-corrected chi connectivity index (χ0v) is 11.8. The summed E-state index contributed by atoms with van der Waals surface area (Å²) in [6, 6.07) is 8.79. The van der Waals surface area contributed by atoms with E-state index in [9.17, 15) is 18.3 Å². The van der Waals surface area contributed by atoms with E-state index < -0.39 is 11.8 Å². The van der Waals surface area contributed by atoms with Crippen molar-refractivity contribution in [1.29, 1.82) is 0 Å². The first kappa shape index (κ1) is 14.9. The van der Waals surface area contributed by atoms with Crippen LogP contribution >= 0.6 is 11.3 Å². The Balaban J connectivity index is 2.72. The van der Waals surface area contributed by atoms with Gasteiger partial charge in [-0.15, -0.1) is 11.3 Å². The summed E-state index contributed by atoms with van der Waals surface area (Å²) >= 11 is 0.883. The zero-order chi connectivity index (χ0) is 15.0.